The molecule has 1 unspecified atom stereocenters. The van der Waals surface area contributed by atoms with E-state index in [1.807, 2.05) is 0 Å². The topological polar surface area (TPSA) is 59.3 Å². The summed E-state index contributed by atoms with van der Waals surface area (Å²) in [6.07, 6.45) is 12.2. The van der Waals surface area contributed by atoms with Crippen LogP contribution in [0.5, 0.6) is 0 Å². The minimum atomic E-state index is -1.20. The van der Waals surface area contributed by atoms with Gasteiger partial charge in [0.1, 0.15) is 11.9 Å². The zero-order chi connectivity index (χ0) is 18.5. The Bertz CT molecular complexity index is 513. The first kappa shape index (κ1) is 21.4. The lowest BCUT2D eigenvalue weighted by Crippen LogP contribution is -2.19. The van der Waals surface area contributed by atoms with Gasteiger partial charge in [0.15, 0.2) is 0 Å². The van der Waals surface area contributed by atoms with Crippen LogP contribution in [0.1, 0.15) is 99.3 Å². The number of hydrogen-bond acceptors (Lipinski definition) is 2. The molecule has 0 fully saturated rings. The van der Waals surface area contributed by atoms with Gasteiger partial charge in [0.2, 0.25) is 5.91 Å². The third-order valence-electron chi connectivity index (χ3n) is 4.50. The van der Waals surface area contributed by atoms with Crippen molar-refractivity contribution in [2.24, 2.45) is 0 Å². The van der Waals surface area contributed by atoms with E-state index in [0.717, 1.165) is 23.8 Å². The predicted octanol–water partition coefficient (Wildman–Crippen LogP) is 5.87. The Morgan fingerprint density at radius 1 is 1.04 bits per heavy atom. The van der Waals surface area contributed by atoms with E-state index in [2.05, 4.69) is 6.92 Å². The maximum absolute atomic E-state index is 13.9. The molecule has 1 rings (SSSR count). The standard InChI is InChI=1S/C20H32FNO3/c1-2-3-4-5-6-7-8-9-10-11-13-17(21)16-19(23)22-15-12-14-18(22)20(24)25/h12,14-15,17H,2-11,13,16H2,1H3,(H,24,25). The van der Waals surface area contributed by atoms with E-state index in [9.17, 15) is 14.0 Å². The van der Waals surface area contributed by atoms with Gasteiger partial charge < -0.3 is 5.11 Å². The van der Waals surface area contributed by atoms with Crippen LogP contribution < -0.4 is 0 Å². The predicted molar refractivity (Wildman–Crippen MR) is 98.0 cm³/mol. The Morgan fingerprint density at radius 2 is 1.60 bits per heavy atom. The first-order valence-corrected chi connectivity index (χ1v) is 9.64. The number of alkyl halides is 1. The molecule has 5 heteroatoms. The van der Waals surface area contributed by atoms with Crippen molar-refractivity contribution in [2.75, 3.05) is 0 Å². The number of aromatic nitrogens is 1. The molecule has 0 spiro atoms. The fraction of sp³-hybridized carbons (Fsp3) is 0.700. The first-order valence-electron chi connectivity index (χ1n) is 9.64. The van der Waals surface area contributed by atoms with E-state index < -0.39 is 18.0 Å². The van der Waals surface area contributed by atoms with Gasteiger partial charge in [-0.25, -0.2) is 9.18 Å². The number of halogens is 1. The molecule has 0 aliphatic rings. The summed E-state index contributed by atoms with van der Waals surface area (Å²) in [5.74, 6) is -1.68. The molecule has 0 aliphatic carbocycles. The van der Waals surface area contributed by atoms with Gasteiger partial charge in [-0.2, -0.15) is 0 Å². The third-order valence-corrected chi connectivity index (χ3v) is 4.50. The Labute approximate surface area is 150 Å². The number of carbonyl (C=O) groups excluding carboxylic acids is 1. The van der Waals surface area contributed by atoms with Gasteiger partial charge in [-0.05, 0) is 18.6 Å². The monoisotopic (exact) mass is 353 g/mol. The van der Waals surface area contributed by atoms with E-state index in [0.29, 0.717) is 6.42 Å². The zero-order valence-corrected chi connectivity index (χ0v) is 15.4. The maximum Gasteiger partial charge on any atom is 0.352 e. The molecule has 0 aliphatic heterocycles. The molecule has 0 amide bonds. The lowest BCUT2D eigenvalue weighted by atomic mass is 10.0. The van der Waals surface area contributed by atoms with Gasteiger partial charge in [0, 0.05) is 6.20 Å². The second kappa shape index (κ2) is 12.7. The summed E-state index contributed by atoms with van der Waals surface area (Å²) in [5.41, 5.74) is -0.115. The maximum atomic E-state index is 13.9. The molecule has 1 atom stereocenters. The molecular formula is C20H32FNO3. The minimum Gasteiger partial charge on any atom is -0.477 e. The molecule has 0 saturated carbocycles. The summed E-state index contributed by atoms with van der Waals surface area (Å²) in [4.78, 5) is 23.0. The van der Waals surface area contributed by atoms with Crippen molar-refractivity contribution in [3.63, 3.8) is 0 Å². The Balaban J connectivity index is 2.09. The van der Waals surface area contributed by atoms with Crippen molar-refractivity contribution in [3.05, 3.63) is 24.0 Å². The molecule has 1 aromatic heterocycles. The van der Waals surface area contributed by atoms with Crippen LogP contribution in [0.2, 0.25) is 0 Å². The highest BCUT2D eigenvalue weighted by Gasteiger charge is 2.18. The van der Waals surface area contributed by atoms with Crippen LogP contribution in [0, 0.1) is 0 Å². The second-order valence-electron chi connectivity index (χ2n) is 6.73. The highest BCUT2D eigenvalue weighted by molar-refractivity contribution is 5.92. The number of carboxylic acid groups (broad SMARTS) is 1. The summed E-state index contributed by atoms with van der Waals surface area (Å²) in [6, 6.07) is 2.83. The molecule has 1 heterocycles. The molecule has 142 valence electrons. The van der Waals surface area contributed by atoms with Crippen LogP contribution in [0.4, 0.5) is 4.39 Å². The smallest absolute Gasteiger partial charge is 0.352 e. The van der Waals surface area contributed by atoms with Gasteiger partial charge in [-0.15, -0.1) is 0 Å². The minimum absolute atomic E-state index is 0.115. The summed E-state index contributed by atoms with van der Waals surface area (Å²) < 4.78 is 15.0. The van der Waals surface area contributed by atoms with Crippen molar-refractivity contribution >= 4 is 11.9 Å². The van der Waals surface area contributed by atoms with Crippen molar-refractivity contribution in [2.45, 2.75) is 90.1 Å². The van der Waals surface area contributed by atoms with Gasteiger partial charge in [0.05, 0.1) is 6.42 Å². The fourth-order valence-corrected chi connectivity index (χ4v) is 3.02. The molecule has 0 saturated heterocycles. The van der Waals surface area contributed by atoms with Crippen LogP contribution in [0.25, 0.3) is 0 Å². The largest absolute Gasteiger partial charge is 0.477 e. The first-order chi connectivity index (χ1) is 12.1. The molecular weight excluding hydrogens is 321 g/mol. The van der Waals surface area contributed by atoms with Crippen LogP contribution in [-0.2, 0) is 0 Å². The Kier molecular flexibility index (Phi) is 10.8. The number of carboxylic acids is 1. The lowest BCUT2D eigenvalue weighted by molar-refractivity contribution is 0.0668. The second-order valence-corrected chi connectivity index (χ2v) is 6.73. The quantitative estimate of drug-likeness (QED) is 0.426. The van der Waals surface area contributed by atoms with E-state index in [1.165, 1.54) is 63.3 Å². The van der Waals surface area contributed by atoms with E-state index in [-0.39, 0.29) is 12.1 Å². The van der Waals surface area contributed by atoms with Crippen LogP contribution in [0.3, 0.4) is 0 Å². The van der Waals surface area contributed by atoms with Crippen molar-refractivity contribution < 1.29 is 19.1 Å². The van der Waals surface area contributed by atoms with Crippen molar-refractivity contribution in [1.82, 2.24) is 4.57 Å². The lowest BCUT2D eigenvalue weighted by Gasteiger charge is -2.09. The molecule has 0 bridgehead atoms. The van der Waals surface area contributed by atoms with Gasteiger partial charge in [-0.1, -0.05) is 71.1 Å². The molecule has 25 heavy (non-hydrogen) atoms. The SMILES string of the molecule is CCCCCCCCCCCCC(F)CC(=O)n1cccc1C(=O)O. The molecule has 1 aromatic rings. The Hall–Kier alpha value is -1.65. The zero-order valence-electron chi connectivity index (χ0n) is 15.4. The van der Waals surface area contributed by atoms with E-state index in [1.54, 1.807) is 0 Å². The number of hydrogen-bond donors (Lipinski definition) is 1. The summed E-state index contributed by atoms with van der Waals surface area (Å²) in [7, 11) is 0. The van der Waals surface area contributed by atoms with Gasteiger partial charge in [0.25, 0.3) is 0 Å². The summed E-state index contributed by atoms with van der Waals surface area (Å²) in [6.45, 7) is 2.22. The average molecular weight is 353 g/mol. The Morgan fingerprint density at radius 3 is 2.16 bits per heavy atom. The molecule has 4 nitrogen and oxygen atoms in total. The summed E-state index contributed by atoms with van der Waals surface area (Å²) in [5, 5.41) is 8.98. The fourth-order valence-electron chi connectivity index (χ4n) is 3.02. The van der Waals surface area contributed by atoms with E-state index >= 15 is 0 Å². The number of nitrogens with zero attached hydrogens (tertiary/aromatic N) is 1. The van der Waals surface area contributed by atoms with Gasteiger partial charge in [-0.3, -0.25) is 9.36 Å². The van der Waals surface area contributed by atoms with E-state index in [4.69, 9.17) is 5.11 Å². The normalized spacial score (nSPS) is 12.2. The molecule has 0 aromatic carbocycles. The van der Waals surface area contributed by atoms with Crippen molar-refractivity contribution in [1.29, 1.82) is 0 Å². The van der Waals surface area contributed by atoms with Gasteiger partial charge >= 0.3 is 5.97 Å². The highest BCUT2D eigenvalue weighted by atomic mass is 19.1. The third kappa shape index (κ3) is 8.84. The van der Waals surface area contributed by atoms with Crippen LogP contribution >= 0.6 is 0 Å². The van der Waals surface area contributed by atoms with Crippen molar-refractivity contribution in [3.8, 4) is 0 Å². The highest BCUT2D eigenvalue weighted by Crippen LogP contribution is 2.15. The number of aromatic carboxylic acids is 1. The summed E-state index contributed by atoms with van der Waals surface area (Å²) >= 11 is 0. The average Bonchev–Trinajstić information content (AvgIpc) is 3.06. The molecule has 0 radical (unpaired) electrons. The van der Waals surface area contributed by atoms with Crippen LogP contribution in [-0.4, -0.2) is 27.7 Å². The van der Waals surface area contributed by atoms with Crippen LogP contribution in [0.15, 0.2) is 18.3 Å². The number of carbonyl (C=O) groups is 2. The number of unbranched alkanes of at least 4 members (excludes halogenated alkanes) is 9. The number of rotatable bonds is 14. The molecule has 1 N–H and O–H groups in total.